The van der Waals surface area contributed by atoms with Gasteiger partial charge in [0.25, 0.3) is 5.91 Å². The maximum absolute atomic E-state index is 12.2. The predicted molar refractivity (Wildman–Crippen MR) is 106 cm³/mol. The van der Waals surface area contributed by atoms with E-state index >= 15 is 0 Å². The molecule has 0 aromatic heterocycles. The molecular formula is C22H25NO6. The van der Waals surface area contributed by atoms with Gasteiger partial charge in [-0.25, -0.2) is 0 Å². The average molecular weight is 399 g/mol. The minimum atomic E-state index is -0.866. The molecule has 0 fully saturated rings. The number of esters is 1. The van der Waals surface area contributed by atoms with Crippen LogP contribution in [0.2, 0.25) is 0 Å². The zero-order valence-electron chi connectivity index (χ0n) is 16.6. The molecular weight excluding hydrogens is 374 g/mol. The molecule has 7 nitrogen and oxygen atoms in total. The number of carbonyl (C=O) groups excluding carboxylic acids is 2. The zero-order valence-corrected chi connectivity index (χ0v) is 16.6. The molecule has 0 unspecified atom stereocenters. The molecule has 1 aliphatic rings. The van der Waals surface area contributed by atoms with Gasteiger partial charge in [0.2, 0.25) is 6.79 Å². The van der Waals surface area contributed by atoms with Crippen LogP contribution in [0.3, 0.4) is 0 Å². The molecule has 0 aliphatic carbocycles. The summed E-state index contributed by atoms with van der Waals surface area (Å²) < 4.78 is 21.4. The summed E-state index contributed by atoms with van der Waals surface area (Å²) in [6.07, 6.45) is -0.168. The second-order valence-corrected chi connectivity index (χ2v) is 6.81. The summed E-state index contributed by atoms with van der Waals surface area (Å²) >= 11 is 0. The third-order valence-corrected chi connectivity index (χ3v) is 4.36. The van der Waals surface area contributed by atoms with Gasteiger partial charge < -0.3 is 24.3 Å². The zero-order chi connectivity index (χ0) is 20.6. The van der Waals surface area contributed by atoms with Crippen LogP contribution >= 0.6 is 0 Å². The second kappa shape index (κ2) is 9.82. The van der Waals surface area contributed by atoms with E-state index in [2.05, 4.69) is 5.32 Å². The first-order chi connectivity index (χ1) is 14.0. The van der Waals surface area contributed by atoms with E-state index in [-0.39, 0.29) is 19.1 Å². The van der Waals surface area contributed by atoms with Crippen molar-refractivity contribution in [2.75, 3.05) is 13.4 Å². The van der Waals surface area contributed by atoms with Gasteiger partial charge in [0, 0.05) is 13.0 Å². The lowest BCUT2D eigenvalue weighted by Crippen LogP contribution is -2.35. The summed E-state index contributed by atoms with van der Waals surface area (Å²) in [5, 5.41) is 2.75. The molecule has 1 atom stereocenters. The molecule has 0 spiro atoms. The molecule has 7 heteroatoms. The number of hydrogen-bond acceptors (Lipinski definition) is 6. The van der Waals surface area contributed by atoms with Crippen molar-refractivity contribution in [3.63, 3.8) is 0 Å². The van der Waals surface area contributed by atoms with Crippen molar-refractivity contribution in [2.24, 2.45) is 0 Å². The second-order valence-electron chi connectivity index (χ2n) is 6.81. The fourth-order valence-corrected chi connectivity index (χ4v) is 2.81. The normalized spacial score (nSPS) is 12.9. The van der Waals surface area contributed by atoms with E-state index in [1.807, 2.05) is 43.3 Å². The number of rotatable bonds is 9. The molecule has 1 N–H and O–H groups in total. The Morgan fingerprint density at radius 3 is 2.79 bits per heavy atom. The Kier molecular flexibility index (Phi) is 6.94. The number of aryl methyl sites for hydroxylation is 1. The summed E-state index contributed by atoms with van der Waals surface area (Å²) in [7, 11) is 0. The van der Waals surface area contributed by atoms with Crippen LogP contribution in [0, 0.1) is 6.92 Å². The van der Waals surface area contributed by atoms with Gasteiger partial charge in [0.15, 0.2) is 17.6 Å². The molecule has 2 aromatic rings. The smallest absolute Gasteiger partial charge is 0.306 e. The number of benzene rings is 2. The largest absolute Gasteiger partial charge is 0.494 e. The molecule has 1 amide bonds. The standard InChI is InChI=1S/C22H25NO6/c1-15-5-3-6-18(11-15)26-10-4-7-21(24)29-16(2)22(25)23-13-17-8-9-19-20(12-17)28-14-27-19/h3,5-6,8-9,11-12,16H,4,7,10,13-14H2,1-2H3,(H,23,25)/t16-/m0/s1. The minimum absolute atomic E-state index is 0.186. The highest BCUT2D eigenvalue weighted by Crippen LogP contribution is 2.32. The van der Waals surface area contributed by atoms with Crippen LogP contribution in [-0.2, 0) is 20.9 Å². The average Bonchev–Trinajstić information content (AvgIpc) is 3.17. The van der Waals surface area contributed by atoms with Crippen molar-refractivity contribution in [2.45, 2.75) is 39.3 Å². The van der Waals surface area contributed by atoms with E-state index in [0.29, 0.717) is 31.1 Å². The number of nitrogens with one attached hydrogen (secondary N) is 1. The van der Waals surface area contributed by atoms with Gasteiger partial charge in [0.1, 0.15) is 5.75 Å². The van der Waals surface area contributed by atoms with Crippen LogP contribution in [0.1, 0.15) is 30.9 Å². The molecule has 29 heavy (non-hydrogen) atoms. The van der Waals surface area contributed by atoms with Gasteiger partial charge in [0.05, 0.1) is 6.61 Å². The molecule has 2 aromatic carbocycles. The third-order valence-electron chi connectivity index (χ3n) is 4.36. The quantitative estimate of drug-likeness (QED) is 0.515. The van der Waals surface area contributed by atoms with Crippen molar-refractivity contribution in [1.29, 1.82) is 0 Å². The number of amides is 1. The molecule has 1 heterocycles. The Bertz CT molecular complexity index is 866. The number of carbonyl (C=O) groups is 2. The van der Waals surface area contributed by atoms with Crippen molar-refractivity contribution in [3.05, 3.63) is 53.6 Å². The maximum Gasteiger partial charge on any atom is 0.306 e. The van der Waals surface area contributed by atoms with E-state index in [1.54, 1.807) is 13.0 Å². The summed E-state index contributed by atoms with van der Waals surface area (Å²) in [5.41, 5.74) is 1.98. The SMILES string of the molecule is Cc1cccc(OCCCC(=O)O[C@@H](C)C(=O)NCc2ccc3c(c2)OCO3)c1. The predicted octanol–water partition coefficient (Wildman–Crippen LogP) is 3.13. The van der Waals surface area contributed by atoms with E-state index < -0.39 is 12.1 Å². The fraction of sp³-hybridized carbons (Fsp3) is 0.364. The molecule has 0 saturated carbocycles. The molecule has 0 bridgehead atoms. The minimum Gasteiger partial charge on any atom is -0.494 e. The van der Waals surface area contributed by atoms with Crippen LogP contribution in [0.4, 0.5) is 0 Å². The first-order valence-electron chi connectivity index (χ1n) is 9.56. The van der Waals surface area contributed by atoms with E-state index in [4.69, 9.17) is 18.9 Å². The number of fused-ring (bicyclic) bond motifs is 1. The Balaban J connectivity index is 1.33. The Labute approximate surface area is 169 Å². The molecule has 3 rings (SSSR count). The van der Waals surface area contributed by atoms with Crippen molar-refractivity contribution in [3.8, 4) is 17.2 Å². The van der Waals surface area contributed by atoms with E-state index in [0.717, 1.165) is 16.9 Å². The first kappa shape index (κ1) is 20.5. The lowest BCUT2D eigenvalue weighted by molar-refractivity contribution is -0.155. The van der Waals surface area contributed by atoms with E-state index in [1.165, 1.54) is 0 Å². The molecule has 0 saturated heterocycles. The van der Waals surface area contributed by atoms with Crippen molar-refractivity contribution < 1.29 is 28.5 Å². The van der Waals surface area contributed by atoms with Gasteiger partial charge in [-0.15, -0.1) is 0 Å². The fourth-order valence-electron chi connectivity index (χ4n) is 2.81. The molecule has 154 valence electrons. The monoisotopic (exact) mass is 399 g/mol. The molecule has 1 aliphatic heterocycles. The molecule has 0 radical (unpaired) electrons. The summed E-state index contributed by atoms with van der Waals surface area (Å²) in [5.74, 6) is 1.34. The highest BCUT2D eigenvalue weighted by atomic mass is 16.7. The highest BCUT2D eigenvalue weighted by molar-refractivity contribution is 5.83. The van der Waals surface area contributed by atoms with Crippen molar-refractivity contribution >= 4 is 11.9 Å². The van der Waals surface area contributed by atoms with Crippen LogP contribution in [0.15, 0.2) is 42.5 Å². The topological polar surface area (TPSA) is 83.1 Å². The number of hydrogen-bond donors (Lipinski definition) is 1. The van der Waals surface area contributed by atoms with Gasteiger partial charge >= 0.3 is 5.97 Å². The van der Waals surface area contributed by atoms with E-state index in [9.17, 15) is 9.59 Å². The van der Waals surface area contributed by atoms with Crippen LogP contribution in [0.5, 0.6) is 17.2 Å². The highest BCUT2D eigenvalue weighted by Gasteiger charge is 2.18. The summed E-state index contributed by atoms with van der Waals surface area (Å²) in [6.45, 7) is 4.46. The first-order valence-corrected chi connectivity index (χ1v) is 9.56. The van der Waals surface area contributed by atoms with Gasteiger partial charge in [-0.2, -0.15) is 0 Å². The van der Waals surface area contributed by atoms with Gasteiger partial charge in [-0.1, -0.05) is 18.2 Å². The lowest BCUT2D eigenvalue weighted by Gasteiger charge is -2.14. The van der Waals surface area contributed by atoms with Crippen LogP contribution < -0.4 is 19.5 Å². The van der Waals surface area contributed by atoms with Crippen molar-refractivity contribution in [1.82, 2.24) is 5.32 Å². The lowest BCUT2D eigenvalue weighted by atomic mass is 10.2. The van der Waals surface area contributed by atoms with Crippen LogP contribution in [0.25, 0.3) is 0 Å². The number of ether oxygens (including phenoxy) is 4. The Morgan fingerprint density at radius 2 is 1.97 bits per heavy atom. The third kappa shape index (κ3) is 6.14. The Hall–Kier alpha value is -3.22. The summed E-state index contributed by atoms with van der Waals surface area (Å²) in [4.78, 5) is 24.1. The summed E-state index contributed by atoms with van der Waals surface area (Å²) in [6, 6.07) is 13.2. The Morgan fingerprint density at radius 1 is 1.14 bits per heavy atom. The maximum atomic E-state index is 12.2. The van der Waals surface area contributed by atoms with Crippen LogP contribution in [-0.4, -0.2) is 31.4 Å². The van der Waals surface area contributed by atoms with Gasteiger partial charge in [-0.3, -0.25) is 9.59 Å². The van der Waals surface area contributed by atoms with Gasteiger partial charge in [-0.05, 0) is 55.7 Å².